The lowest BCUT2D eigenvalue weighted by Gasteiger charge is -2.07. The van der Waals surface area contributed by atoms with E-state index in [1.165, 1.54) is 0 Å². The van der Waals surface area contributed by atoms with Crippen molar-refractivity contribution in [2.75, 3.05) is 26.4 Å². The molecule has 0 spiro atoms. The maximum atomic E-state index is 8.52. The highest BCUT2D eigenvalue weighted by Crippen LogP contribution is 1.96. The third-order valence-corrected chi connectivity index (χ3v) is 1.83. The van der Waals surface area contributed by atoms with Gasteiger partial charge in [0.25, 0.3) is 0 Å². The van der Waals surface area contributed by atoms with E-state index in [9.17, 15) is 0 Å². The first kappa shape index (κ1) is 13.9. The topological polar surface area (TPSA) is 38.7 Å². The normalized spacial score (nSPS) is 11.1. The van der Waals surface area contributed by atoms with E-state index in [0.29, 0.717) is 6.10 Å². The summed E-state index contributed by atoms with van der Waals surface area (Å²) in [5, 5.41) is 8.52. The molecule has 0 aliphatic rings. The maximum Gasteiger partial charge on any atom is 0.0518 e. The largest absolute Gasteiger partial charge is 0.396 e. The molecule has 0 aromatic heterocycles. The van der Waals surface area contributed by atoms with Crippen LogP contribution in [0.5, 0.6) is 0 Å². The number of aliphatic hydroxyl groups excluding tert-OH is 1. The molecule has 14 heavy (non-hydrogen) atoms. The Morgan fingerprint density at radius 2 is 1.50 bits per heavy atom. The van der Waals surface area contributed by atoms with Gasteiger partial charge in [0.05, 0.1) is 6.10 Å². The van der Waals surface area contributed by atoms with E-state index in [1.54, 1.807) is 0 Å². The van der Waals surface area contributed by atoms with E-state index in [0.717, 1.165) is 45.5 Å². The van der Waals surface area contributed by atoms with Crippen LogP contribution in [0, 0.1) is 0 Å². The molecule has 1 N–H and O–H groups in total. The summed E-state index contributed by atoms with van der Waals surface area (Å²) >= 11 is 0. The number of ether oxygens (including phenoxy) is 2. The van der Waals surface area contributed by atoms with Crippen LogP contribution < -0.4 is 0 Å². The van der Waals surface area contributed by atoms with E-state index in [1.807, 2.05) is 13.8 Å². The Kier molecular flexibility index (Phi) is 10.9. The predicted octanol–water partition coefficient (Wildman–Crippen LogP) is 1.98. The fraction of sp³-hybridized carbons (Fsp3) is 1.00. The van der Waals surface area contributed by atoms with Gasteiger partial charge < -0.3 is 14.6 Å². The van der Waals surface area contributed by atoms with Gasteiger partial charge in [-0.2, -0.15) is 0 Å². The first-order chi connectivity index (χ1) is 6.77. The van der Waals surface area contributed by atoms with Gasteiger partial charge in [-0.05, 0) is 39.5 Å². The SMILES string of the molecule is CC(C)OCCCCOCCCCO. The Morgan fingerprint density at radius 1 is 0.929 bits per heavy atom. The van der Waals surface area contributed by atoms with Gasteiger partial charge in [-0.25, -0.2) is 0 Å². The number of aliphatic hydroxyl groups is 1. The Bertz CT molecular complexity index is 105. The molecular weight excluding hydrogens is 180 g/mol. The van der Waals surface area contributed by atoms with Gasteiger partial charge in [-0.1, -0.05) is 0 Å². The van der Waals surface area contributed by atoms with E-state index < -0.39 is 0 Å². The lowest BCUT2D eigenvalue weighted by molar-refractivity contribution is 0.0657. The third kappa shape index (κ3) is 11.9. The molecule has 0 aliphatic carbocycles. The van der Waals surface area contributed by atoms with E-state index in [2.05, 4.69) is 0 Å². The van der Waals surface area contributed by atoms with E-state index in [4.69, 9.17) is 14.6 Å². The quantitative estimate of drug-likeness (QED) is 0.553. The zero-order valence-electron chi connectivity index (χ0n) is 9.50. The second-order valence-corrected chi connectivity index (χ2v) is 3.67. The smallest absolute Gasteiger partial charge is 0.0518 e. The second-order valence-electron chi connectivity index (χ2n) is 3.67. The first-order valence-corrected chi connectivity index (χ1v) is 5.57. The number of rotatable bonds is 10. The molecule has 0 heterocycles. The Balaban J connectivity index is 2.85. The molecule has 0 aromatic carbocycles. The number of hydrogen-bond acceptors (Lipinski definition) is 3. The van der Waals surface area contributed by atoms with Crippen molar-refractivity contribution in [1.82, 2.24) is 0 Å². The Hall–Kier alpha value is -0.120. The van der Waals surface area contributed by atoms with E-state index in [-0.39, 0.29) is 6.61 Å². The molecule has 0 bridgehead atoms. The first-order valence-electron chi connectivity index (χ1n) is 5.57. The van der Waals surface area contributed by atoms with Crippen molar-refractivity contribution in [2.24, 2.45) is 0 Å². The zero-order valence-corrected chi connectivity index (χ0v) is 9.50. The van der Waals surface area contributed by atoms with Gasteiger partial charge in [-0.15, -0.1) is 0 Å². The zero-order chi connectivity index (χ0) is 10.6. The van der Waals surface area contributed by atoms with Crippen molar-refractivity contribution in [2.45, 2.75) is 45.6 Å². The number of unbranched alkanes of at least 4 members (excludes halogenated alkanes) is 2. The van der Waals surface area contributed by atoms with Crippen LogP contribution in [0.25, 0.3) is 0 Å². The van der Waals surface area contributed by atoms with Crippen LogP contribution in [-0.4, -0.2) is 37.6 Å². The summed E-state index contributed by atoms with van der Waals surface area (Å²) < 4.78 is 10.8. The molecule has 0 rings (SSSR count). The summed E-state index contributed by atoms with van der Waals surface area (Å²) in [6, 6.07) is 0. The fourth-order valence-corrected chi connectivity index (χ4v) is 1.04. The van der Waals surface area contributed by atoms with Gasteiger partial charge in [0.15, 0.2) is 0 Å². The molecule has 0 saturated heterocycles. The molecule has 0 atom stereocenters. The highest BCUT2D eigenvalue weighted by atomic mass is 16.5. The van der Waals surface area contributed by atoms with Crippen LogP contribution in [0.3, 0.4) is 0 Å². The highest BCUT2D eigenvalue weighted by Gasteiger charge is 1.93. The summed E-state index contributed by atoms with van der Waals surface area (Å²) in [5.74, 6) is 0. The summed E-state index contributed by atoms with van der Waals surface area (Å²) in [7, 11) is 0. The van der Waals surface area contributed by atoms with Crippen LogP contribution in [-0.2, 0) is 9.47 Å². The summed E-state index contributed by atoms with van der Waals surface area (Å²) in [6.45, 7) is 6.78. The molecular formula is C11H24O3. The molecule has 3 nitrogen and oxygen atoms in total. The van der Waals surface area contributed by atoms with Crippen molar-refractivity contribution < 1.29 is 14.6 Å². The summed E-state index contributed by atoms with van der Waals surface area (Å²) in [5.41, 5.74) is 0. The van der Waals surface area contributed by atoms with Crippen LogP contribution in [0.2, 0.25) is 0 Å². The standard InChI is InChI=1S/C11H24O3/c1-11(2)14-10-6-5-9-13-8-4-3-7-12/h11-12H,3-10H2,1-2H3. The van der Waals surface area contributed by atoms with Crippen molar-refractivity contribution in [3.05, 3.63) is 0 Å². The van der Waals surface area contributed by atoms with Gasteiger partial charge in [0, 0.05) is 26.4 Å². The van der Waals surface area contributed by atoms with Gasteiger partial charge >= 0.3 is 0 Å². The van der Waals surface area contributed by atoms with Crippen molar-refractivity contribution >= 4 is 0 Å². The molecule has 0 radical (unpaired) electrons. The average Bonchev–Trinajstić information content (AvgIpc) is 2.15. The number of hydrogen-bond donors (Lipinski definition) is 1. The van der Waals surface area contributed by atoms with Gasteiger partial charge in [0.1, 0.15) is 0 Å². The van der Waals surface area contributed by atoms with Gasteiger partial charge in [-0.3, -0.25) is 0 Å². The van der Waals surface area contributed by atoms with Crippen LogP contribution >= 0.6 is 0 Å². The van der Waals surface area contributed by atoms with E-state index >= 15 is 0 Å². The Morgan fingerprint density at radius 3 is 2.07 bits per heavy atom. The van der Waals surface area contributed by atoms with Gasteiger partial charge in [0.2, 0.25) is 0 Å². The maximum absolute atomic E-state index is 8.52. The van der Waals surface area contributed by atoms with Crippen LogP contribution in [0.15, 0.2) is 0 Å². The minimum atomic E-state index is 0.269. The third-order valence-electron chi connectivity index (χ3n) is 1.83. The molecule has 0 fully saturated rings. The Labute approximate surface area is 87.4 Å². The van der Waals surface area contributed by atoms with Crippen LogP contribution in [0.4, 0.5) is 0 Å². The second kappa shape index (κ2) is 11.0. The molecule has 3 heteroatoms. The predicted molar refractivity (Wildman–Crippen MR) is 57.5 cm³/mol. The lowest BCUT2D eigenvalue weighted by atomic mass is 10.3. The molecule has 0 aromatic rings. The summed E-state index contributed by atoms with van der Waals surface area (Å²) in [6.07, 6.45) is 4.26. The van der Waals surface area contributed by atoms with Crippen molar-refractivity contribution in [3.63, 3.8) is 0 Å². The molecule has 86 valence electrons. The molecule has 0 amide bonds. The average molecular weight is 204 g/mol. The van der Waals surface area contributed by atoms with Crippen molar-refractivity contribution in [3.8, 4) is 0 Å². The minimum Gasteiger partial charge on any atom is -0.396 e. The lowest BCUT2D eigenvalue weighted by Crippen LogP contribution is -2.05. The monoisotopic (exact) mass is 204 g/mol. The fourth-order valence-electron chi connectivity index (χ4n) is 1.04. The molecule has 0 aliphatic heterocycles. The van der Waals surface area contributed by atoms with Crippen molar-refractivity contribution in [1.29, 1.82) is 0 Å². The molecule has 0 saturated carbocycles. The minimum absolute atomic E-state index is 0.269. The summed E-state index contributed by atoms with van der Waals surface area (Å²) in [4.78, 5) is 0. The highest BCUT2D eigenvalue weighted by molar-refractivity contribution is 4.42. The van der Waals surface area contributed by atoms with Crippen LogP contribution in [0.1, 0.15) is 39.5 Å². The molecule has 0 unspecified atom stereocenters.